The van der Waals surface area contributed by atoms with Gasteiger partial charge >= 0.3 is 17.9 Å². The standard InChI is InChI=1S/C70H127NO8/c1-6-8-10-12-14-16-18-20-21-22-23-24-25-26-27-28-29-30-31-32-33-34-35-36-37-38-39-40-41-42-43-44-45-46-47-49-51-53-55-57-59-61-68(73)79-66(65-78-70(69(74)75)76-63-62-71(3,4)5)64-77-67(72)60-58-56-54-52-50-48-19-17-15-13-11-9-7-2/h8,10,14,16,20-21,23-24,26-27,66,70H,6-7,9,11-13,15,17-19,22,25,28-65H2,1-5H3/p+1/b10-8-,16-14-,21-20-,24-23-,27-26-. The lowest BCUT2D eigenvalue weighted by Crippen LogP contribution is -2.40. The first-order valence-electron chi connectivity index (χ1n) is 33.5. The number of hydrogen-bond acceptors (Lipinski definition) is 7. The lowest BCUT2D eigenvalue weighted by atomic mass is 10.0. The Hall–Kier alpha value is -3.01. The molecule has 0 saturated carbocycles. The Morgan fingerprint density at radius 2 is 0.722 bits per heavy atom. The van der Waals surface area contributed by atoms with Gasteiger partial charge in [0.25, 0.3) is 6.29 Å². The van der Waals surface area contributed by atoms with Crippen LogP contribution in [0.1, 0.15) is 309 Å². The zero-order valence-electron chi connectivity index (χ0n) is 52.5. The molecule has 2 atom stereocenters. The summed E-state index contributed by atoms with van der Waals surface area (Å²) in [6.07, 6.45) is 76.4. The van der Waals surface area contributed by atoms with Crippen molar-refractivity contribution in [2.24, 2.45) is 0 Å². The molecule has 460 valence electrons. The number of carboxylic acid groups (broad SMARTS) is 1. The zero-order chi connectivity index (χ0) is 57.6. The maximum atomic E-state index is 12.9. The second-order valence-electron chi connectivity index (χ2n) is 23.8. The summed E-state index contributed by atoms with van der Waals surface area (Å²) in [6, 6.07) is 0. The molecule has 0 aromatic rings. The molecule has 0 amide bonds. The quantitative estimate of drug-likeness (QED) is 0.0211. The Morgan fingerprint density at radius 1 is 0.392 bits per heavy atom. The number of carbonyl (C=O) groups is 3. The average molecular weight is 1110 g/mol. The highest BCUT2D eigenvalue weighted by Crippen LogP contribution is 2.18. The number of esters is 2. The van der Waals surface area contributed by atoms with Crippen LogP contribution in [-0.4, -0.2) is 87.4 Å². The van der Waals surface area contributed by atoms with Gasteiger partial charge in [-0.2, -0.15) is 0 Å². The number of ether oxygens (including phenoxy) is 4. The number of carbonyl (C=O) groups excluding carboxylic acids is 2. The van der Waals surface area contributed by atoms with Gasteiger partial charge in [0.1, 0.15) is 13.2 Å². The number of hydrogen-bond donors (Lipinski definition) is 1. The smallest absolute Gasteiger partial charge is 0.361 e. The minimum absolute atomic E-state index is 0.176. The Balaban J connectivity index is 3.90. The zero-order valence-corrected chi connectivity index (χ0v) is 52.5. The number of carboxylic acids is 1. The summed E-state index contributed by atoms with van der Waals surface area (Å²) in [7, 11) is 5.98. The molecule has 0 rings (SSSR count). The van der Waals surface area contributed by atoms with Crippen molar-refractivity contribution in [3.63, 3.8) is 0 Å². The number of rotatable bonds is 62. The van der Waals surface area contributed by atoms with Crippen LogP contribution in [0.25, 0.3) is 0 Å². The lowest BCUT2D eigenvalue weighted by molar-refractivity contribution is -0.870. The van der Waals surface area contributed by atoms with Crippen molar-refractivity contribution < 1.29 is 42.9 Å². The largest absolute Gasteiger partial charge is 0.477 e. The molecule has 0 aliphatic rings. The van der Waals surface area contributed by atoms with Crippen molar-refractivity contribution in [2.75, 3.05) is 47.5 Å². The van der Waals surface area contributed by atoms with Crippen LogP contribution < -0.4 is 0 Å². The summed E-state index contributed by atoms with van der Waals surface area (Å²) in [5.74, 6) is -1.98. The van der Waals surface area contributed by atoms with E-state index < -0.39 is 18.4 Å². The number of allylic oxidation sites excluding steroid dienone is 10. The summed E-state index contributed by atoms with van der Waals surface area (Å²) in [5, 5.41) is 9.71. The molecule has 0 saturated heterocycles. The van der Waals surface area contributed by atoms with Gasteiger partial charge in [-0.15, -0.1) is 0 Å². The molecule has 2 unspecified atom stereocenters. The van der Waals surface area contributed by atoms with Crippen LogP contribution in [0.2, 0.25) is 0 Å². The molecule has 0 aliphatic carbocycles. The maximum Gasteiger partial charge on any atom is 0.361 e. The normalized spacial score (nSPS) is 13.1. The number of aliphatic carboxylic acids is 1. The number of nitrogens with zero attached hydrogens (tertiary/aromatic N) is 1. The highest BCUT2D eigenvalue weighted by Gasteiger charge is 2.25. The van der Waals surface area contributed by atoms with Crippen molar-refractivity contribution in [3.05, 3.63) is 60.8 Å². The lowest BCUT2D eigenvalue weighted by Gasteiger charge is -2.25. The minimum atomic E-state index is -1.51. The van der Waals surface area contributed by atoms with Gasteiger partial charge in [-0.1, -0.05) is 299 Å². The van der Waals surface area contributed by atoms with Crippen LogP contribution in [-0.2, 0) is 33.3 Å². The van der Waals surface area contributed by atoms with Crippen LogP contribution in [0.3, 0.4) is 0 Å². The van der Waals surface area contributed by atoms with Crippen LogP contribution in [0.5, 0.6) is 0 Å². The van der Waals surface area contributed by atoms with Crippen molar-refractivity contribution in [3.8, 4) is 0 Å². The third-order valence-corrected chi connectivity index (χ3v) is 14.8. The Bertz CT molecular complexity index is 1480. The molecule has 0 bridgehead atoms. The van der Waals surface area contributed by atoms with E-state index in [1.165, 1.54) is 212 Å². The van der Waals surface area contributed by atoms with Crippen LogP contribution in [0, 0.1) is 0 Å². The van der Waals surface area contributed by atoms with Crippen LogP contribution in [0.4, 0.5) is 0 Å². The van der Waals surface area contributed by atoms with E-state index in [-0.39, 0.29) is 38.2 Å². The van der Waals surface area contributed by atoms with Gasteiger partial charge in [0.15, 0.2) is 6.10 Å². The summed E-state index contributed by atoms with van der Waals surface area (Å²) in [5.41, 5.74) is 0. The van der Waals surface area contributed by atoms with Gasteiger partial charge in [-0.05, 0) is 57.8 Å². The SMILES string of the molecule is CC/C=C\C/C=C\C/C=C\C/C=C\C/C=C\CCCCCCCCCCCCCCCCCCCCCCCCCCCC(=O)OC(COC(=O)CCCCCCCCCCCCCCC)COC(OCC[N+](C)(C)C)C(=O)O. The first kappa shape index (κ1) is 76.0. The third-order valence-electron chi connectivity index (χ3n) is 14.8. The molecule has 0 spiro atoms. The van der Waals surface area contributed by atoms with Crippen molar-refractivity contribution >= 4 is 17.9 Å². The maximum absolute atomic E-state index is 12.9. The molecule has 9 heteroatoms. The number of likely N-dealkylation sites (N-methyl/N-ethyl adjacent to an activating group) is 1. The van der Waals surface area contributed by atoms with Gasteiger partial charge < -0.3 is 28.5 Å². The molecule has 0 aromatic heterocycles. The Morgan fingerprint density at radius 3 is 1.08 bits per heavy atom. The molecule has 0 fully saturated rings. The fourth-order valence-electron chi connectivity index (χ4n) is 9.69. The van der Waals surface area contributed by atoms with E-state index in [9.17, 15) is 19.5 Å². The predicted octanol–water partition coefficient (Wildman–Crippen LogP) is 20.4. The van der Waals surface area contributed by atoms with Crippen molar-refractivity contribution in [1.29, 1.82) is 0 Å². The van der Waals surface area contributed by atoms with Crippen LogP contribution in [0.15, 0.2) is 60.8 Å². The molecule has 0 aromatic carbocycles. The van der Waals surface area contributed by atoms with E-state index in [1.54, 1.807) is 0 Å². The average Bonchev–Trinajstić information content (AvgIpc) is 3.42. The van der Waals surface area contributed by atoms with Crippen LogP contribution >= 0.6 is 0 Å². The minimum Gasteiger partial charge on any atom is -0.477 e. The fraction of sp³-hybridized carbons (Fsp3) is 0.814. The van der Waals surface area contributed by atoms with Gasteiger partial charge in [0, 0.05) is 12.8 Å². The van der Waals surface area contributed by atoms with Gasteiger partial charge in [-0.25, -0.2) is 4.79 Å². The van der Waals surface area contributed by atoms with E-state index in [1.807, 2.05) is 21.1 Å². The second kappa shape index (κ2) is 61.1. The summed E-state index contributed by atoms with van der Waals surface area (Å²) >= 11 is 0. The highest BCUT2D eigenvalue weighted by atomic mass is 16.7. The molecule has 0 radical (unpaired) electrons. The summed E-state index contributed by atoms with van der Waals surface area (Å²) in [4.78, 5) is 37.4. The predicted molar refractivity (Wildman–Crippen MR) is 336 cm³/mol. The highest BCUT2D eigenvalue weighted by molar-refractivity contribution is 5.71. The number of unbranched alkanes of at least 4 members (excludes halogenated alkanes) is 37. The van der Waals surface area contributed by atoms with E-state index >= 15 is 0 Å². The molecule has 1 N–H and O–H groups in total. The molecule has 0 heterocycles. The molecule has 9 nitrogen and oxygen atoms in total. The fourth-order valence-corrected chi connectivity index (χ4v) is 9.69. The summed E-state index contributed by atoms with van der Waals surface area (Å²) in [6.45, 7) is 4.80. The first-order valence-corrected chi connectivity index (χ1v) is 33.5. The van der Waals surface area contributed by atoms with E-state index in [2.05, 4.69) is 74.6 Å². The van der Waals surface area contributed by atoms with Gasteiger partial charge in [0.05, 0.1) is 34.4 Å². The van der Waals surface area contributed by atoms with Gasteiger partial charge in [0.2, 0.25) is 0 Å². The van der Waals surface area contributed by atoms with E-state index in [0.717, 1.165) is 70.6 Å². The molecule has 79 heavy (non-hydrogen) atoms. The Labute approximate surface area is 488 Å². The monoisotopic (exact) mass is 1110 g/mol. The van der Waals surface area contributed by atoms with Crippen molar-refractivity contribution in [1.82, 2.24) is 0 Å². The van der Waals surface area contributed by atoms with E-state index in [0.29, 0.717) is 17.4 Å². The first-order chi connectivity index (χ1) is 38.6. The molecule has 0 aliphatic heterocycles. The molecular formula is C70H128NO8+. The second-order valence-corrected chi connectivity index (χ2v) is 23.8. The molecular weight excluding hydrogens is 983 g/mol. The van der Waals surface area contributed by atoms with Crippen molar-refractivity contribution in [2.45, 2.75) is 322 Å². The number of quaternary nitrogens is 1. The Kier molecular flexibility index (Phi) is 58.7. The van der Waals surface area contributed by atoms with E-state index in [4.69, 9.17) is 18.9 Å². The van der Waals surface area contributed by atoms with Gasteiger partial charge in [-0.3, -0.25) is 9.59 Å². The third kappa shape index (κ3) is 62.4. The topological polar surface area (TPSA) is 108 Å². The summed E-state index contributed by atoms with van der Waals surface area (Å²) < 4.78 is 22.9.